The van der Waals surface area contributed by atoms with Gasteiger partial charge in [0.2, 0.25) is 0 Å². The zero-order valence-electron chi connectivity index (χ0n) is 26.3. The van der Waals surface area contributed by atoms with E-state index in [2.05, 4.69) is 16.2 Å². The summed E-state index contributed by atoms with van der Waals surface area (Å²) in [7, 11) is 1.58. The standard InChI is InChI=1S/C31H49N5O6/c1-9-32-30(39)34-35(8)19-27(38)36(24(20-37)21-42-31(5,6)7)33-28(22(4)29(40-10-2)41-11-3)26-18-14-16-23-15-12-13-17-25(23)26/h12-18,20,22,24,28-29,33H,9-11,19,21H2,1-8H3,(H2,32,34,39)/t22-,24+,28?/m0/s1. The van der Waals surface area contributed by atoms with Gasteiger partial charge in [-0.2, -0.15) is 0 Å². The Balaban J connectivity index is 2.58. The average Bonchev–Trinajstić information content (AvgIpc) is 2.93. The number of nitrogens with one attached hydrogen (secondary N) is 3. The molecule has 0 spiro atoms. The third kappa shape index (κ3) is 10.6. The molecule has 0 saturated heterocycles. The molecule has 1 unspecified atom stereocenters. The first-order chi connectivity index (χ1) is 19.9. The van der Waals surface area contributed by atoms with Gasteiger partial charge in [0.15, 0.2) is 6.29 Å². The van der Waals surface area contributed by atoms with E-state index in [4.69, 9.17) is 14.2 Å². The van der Waals surface area contributed by atoms with E-state index in [-0.39, 0.29) is 19.1 Å². The molecule has 0 heterocycles. The Morgan fingerprint density at radius 1 is 1.00 bits per heavy atom. The summed E-state index contributed by atoms with van der Waals surface area (Å²) in [5.41, 5.74) is 6.38. The van der Waals surface area contributed by atoms with Gasteiger partial charge in [0.25, 0.3) is 5.91 Å². The van der Waals surface area contributed by atoms with E-state index in [0.717, 1.165) is 16.3 Å². The maximum Gasteiger partial charge on any atom is 0.329 e. The summed E-state index contributed by atoms with van der Waals surface area (Å²) in [6.45, 7) is 14.3. The van der Waals surface area contributed by atoms with Crippen molar-refractivity contribution in [1.29, 1.82) is 0 Å². The lowest BCUT2D eigenvalue weighted by molar-refractivity contribution is -0.176. The molecule has 0 bridgehead atoms. The third-order valence-corrected chi connectivity index (χ3v) is 6.50. The summed E-state index contributed by atoms with van der Waals surface area (Å²) in [6, 6.07) is 12.1. The summed E-state index contributed by atoms with van der Waals surface area (Å²) < 4.78 is 17.9. The van der Waals surface area contributed by atoms with E-state index in [1.54, 1.807) is 14.0 Å². The van der Waals surface area contributed by atoms with Crippen molar-refractivity contribution in [3.05, 3.63) is 48.0 Å². The molecule has 3 N–H and O–H groups in total. The molecule has 11 nitrogen and oxygen atoms in total. The number of benzene rings is 2. The first-order valence-corrected chi connectivity index (χ1v) is 14.6. The molecule has 2 aromatic rings. The molecule has 2 rings (SSSR count). The minimum Gasteiger partial charge on any atom is -0.373 e. The van der Waals surface area contributed by atoms with Gasteiger partial charge >= 0.3 is 6.03 Å². The minimum absolute atomic E-state index is 0.0316. The highest BCUT2D eigenvalue weighted by molar-refractivity contribution is 5.86. The number of carbonyl (C=O) groups is 3. The largest absolute Gasteiger partial charge is 0.373 e. The Morgan fingerprint density at radius 3 is 2.24 bits per heavy atom. The number of rotatable bonds is 17. The van der Waals surface area contributed by atoms with E-state index in [1.165, 1.54) is 10.0 Å². The molecule has 0 saturated carbocycles. The van der Waals surface area contributed by atoms with Crippen molar-refractivity contribution < 1.29 is 28.6 Å². The number of urea groups is 1. The monoisotopic (exact) mass is 587 g/mol. The SMILES string of the molecule is CCNC(=O)NN(C)CC(=O)N(NC(c1cccc2ccccc12)[C@H](C)C(OCC)OCC)[C@H](C=O)COC(C)(C)C. The number of hydrazine groups is 2. The highest BCUT2D eigenvalue weighted by Crippen LogP contribution is 2.33. The fourth-order valence-electron chi connectivity index (χ4n) is 4.53. The van der Waals surface area contributed by atoms with E-state index in [0.29, 0.717) is 26.0 Å². The Labute approximate surface area is 250 Å². The number of hydrogen-bond acceptors (Lipinski definition) is 8. The highest BCUT2D eigenvalue weighted by atomic mass is 16.7. The molecule has 3 atom stereocenters. The second kappa shape index (κ2) is 17.1. The van der Waals surface area contributed by atoms with Crippen LogP contribution in [-0.2, 0) is 23.8 Å². The van der Waals surface area contributed by atoms with Gasteiger partial charge in [-0.1, -0.05) is 49.4 Å². The second-order valence-corrected chi connectivity index (χ2v) is 11.0. The Morgan fingerprint density at radius 2 is 1.64 bits per heavy atom. The van der Waals surface area contributed by atoms with Crippen LogP contribution in [0.2, 0.25) is 0 Å². The van der Waals surface area contributed by atoms with Gasteiger partial charge in [-0.25, -0.2) is 15.2 Å². The number of hydrogen-bond donors (Lipinski definition) is 3. The predicted octanol–water partition coefficient (Wildman–Crippen LogP) is 3.80. The molecular weight excluding hydrogens is 538 g/mol. The van der Waals surface area contributed by atoms with E-state index in [9.17, 15) is 14.4 Å². The lowest BCUT2D eigenvalue weighted by atomic mass is 9.90. The molecule has 0 aliphatic heterocycles. The summed E-state index contributed by atoms with van der Waals surface area (Å²) in [5, 5.41) is 7.34. The van der Waals surface area contributed by atoms with Gasteiger partial charge in [0.1, 0.15) is 12.3 Å². The van der Waals surface area contributed by atoms with E-state index < -0.39 is 35.9 Å². The Hall–Kier alpha value is -3.09. The number of amides is 3. The summed E-state index contributed by atoms with van der Waals surface area (Å²) in [4.78, 5) is 38.4. The number of aldehydes is 1. The van der Waals surface area contributed by atoms with Crippen LogP contribution >= 0.6 is 0 Å². The summed E-state index contributed by atoms with van der Waals surface area (Å²) >= 11 is 0. The molecule has 0 aromatic heterocycles. The van der Waals surface area contributed by atoms with Crippen molar-refractivity contribution in [2.75, 3.05) is 40.0 Å². The van der Waals surface area contributed by atoms with Crippen molar-refractivity contribution >= 4 is 29.0 Å². The van der Waals surface area contributed by atoms with Crippen molar-refractivity contribution in [1.82, 2.24) is 26.2 Å². The molecular formula is C31H49N5O6. The van der Waals surface area contributed by atoms with E-state index in [1.807, 2.05) is 84.0 Å². The molecule has 0 aliphatic rings. The fourth-order valence-corrected chi connectivity index (χ4v) is 4.53. The van der Waals surface area contributed by atoms with Crippen molar-refractivity contribution in [2.24, 2.45) is 5.92 Å². The summed E-state index contributed by atoms with van der Waals surface area (Å²) in [6.07, 6.45) is 0.109. The summed E-state index contributed by atoms with van der Waals surface area (Å²) in [5.74, 6) is -0.737. The highest BCUT2D eigenvalue weighted by Gasteiger charge is 2.35. The van der Waals surface area contributed by atoms with Crippen molar-refractivity contribution in [3.63, 3.8) is 0 Å². The molecule has 2 aromatic carbocycles. The molecule has 234 valence electrons. The quantitative estimate of drug-likeness (QED) is 0.145. The molecule has 0 fully saturated rings. The van der Waals surface area contributed by atoms with E-state index >= 15 is 0 Å². The van der Waals surface area contributed by atoms with Crippen LogP contribution in [0, 0.1) is 5.92 Å². The normalized spacial score (nSPS) is 14.0. The maximum absolute atomic E-state index is 13.9. The third-order valence-electron chi connectivity index (χ3n) is 6.50. The fraction of sp³-hybridized carbons (Fsp3) is 0.581. The van der Waals surface area contributed by atoms with Gasteiger partial charge in [-0.3, -0.25) is 15.2 Å². The van der Waals surface area contributed by atoms with Crippen LogP contribution in [0.4, 0.5) is 4.79 Å². The molecule has 42 heavy (non-hydrogen) atoms. The topological polar surface area (TPSA) is 121 Å². The molecule has 11 heteroatoms. The molecule has 0 radical (unpaired) electrons. The van der Waals surface area contributed by atoms with Crippen molar-refractivity contribution in [3.8, 4) is 0 Å². The van der Waals surface area contributed by atoms with Crippen LogP contribution in [0.1, 0.15) is 60.1 Å². The van der Waals surface area contributed by atoms with Gasteiger partial charge < -0.3 is 24.3 Å². The number of nitrogens with zero attached hydrogens (tertiary/aromatic N) is 2. The van der Waals surface area contributed by atoms with Crippen LogP contribution in [0.3, 0.4) is 0 Å². The molecule has 0 aliphatic carbocycles. The van der Waals surface area contributed by atoms with Gasteiger partial charge in [-0.05, 0) is 57.9 Å². The number of ether oxygens (including phenoxy) is 3. The molecule has 3 amide bonds. The van der Waals surface area contributed by atoms with Crippen LogP contribution in [0.5, 0.6) is 0 Å². The maximum atomic E-state index is 13.9. The first-order valence-electron chi connectivity index (χ1n) is 14.6. The van der Waals surface area contributed by atoms with Gasteiger partial charge in [-0.15, -0.1) is 0 Å². The second-order valence-electron chi connectivity index (χ2n) is 11.0. The minimum atomic E-state index is -0.961. The van der Waals surface area contributed by atoms with Gasteiger partial charge in [0.05, 0.1) is 24.8 Å². The van der Waals surface area contributed by atoms with Crippen molar-refractivity contribution in [2.45, 2.75) is 72.4 Å². The lowest BCUT2D eigenvalue weighted by Gasteiger charge is -2.39. The predicted molar refractivity (Wildman–Crippen MR) is 163 cm³/mol. The van der Waals surface area contributed by atoms with Crippen LogP contribution in [0.15, 0.2) is 42.5 Å². The smallest absolute Gasteiger partial charge is 0.329 e. The Kier molecular flexibility index (Phi) is 14.3. The number of carbonyl (C=O) groups excluding carboxylic acids is 3. The van der Waals surface area contributed by atoms with Crippen LogP contribution in [0.25, 0.3) is 10.8 Å². The average molecular weight is 588 g/mol. The lowest BCUT2D eigenvalue weighted by Crippen LogP contribution is -2.59. The zero-order valence-corrected chi connectivity index (χ0v) is 26.3. The Bertz CT molecular complexity index is 1130. The zero-order chi connectivity index (χ0) is 31.3. The van der Waals surface area contributed by atoms with Crippen LogP contribution < -0.4 is 16.2 Å². The first kappa shape index (κ1) is 35.1. The van der Waals surface area contributed by atoms with Gasteiger partial charge in [0, 0.05) is 32.7 Å². The van der Waals surface area contributed by atoms with Crippen LogP contribution in [-0.4, -0.2) is 86.1 Å². The number of likely N-dealkylation sites (N-methyl/N-ethyl adjacent to an activating group) is 1. The number of fused-ring (bicyclic) bond motifs is 1.